The second-order valence-corrected chi connectivity index (χ2v) is 10.3. The van der Waals surface area contributed by atoms with Gasteiger partial charge < -0.3 is 14.8 Å². The van der Waals surface area contributed by atoms with Crippen molar-refractivity contribution in [2.45, 2.75) is 27.4 Å². The van der Waals surface area contributed by atoms with Crippen LogP contribution in [0.3, 0.4) is 0 Å². The Balaban J connectivity index is 1.88. The lowest BCUT2D eigenvalue weighted by Gasteiger charge is -2.15. The molecule has 0 aliphatic carbocycles. The molecule has 35 heavy (non-hydrogen) atoms. The van der Waals surface area contributed by atoms with E-state index < -0.39 is 5.91 Å². The molecule has 0 bridgehead atoms. The van der Waals surface area contributed by atoms with Crippen molar-refractivity contribution in [3.63, 3.8) is 0 Å². The minimum atomic E-state index is -0.522. The van der Waals surface area contributed by atoms with Gasteiger partial charge in [-0.1, -0.05) is 29.8 Å². The number of halogens is 3. The first kappa shape index (κ1) is 27.0. The molecule has 0 saturated heterocycles. The first-order chi connectivity index (χ1) is 16.7. The highest BCUT2D eigenvalue weighted by molar-refractivity contribution is 9.11. The van der Waals surface area contributed by atoms with Gasteiger partial charge in [-0.15, -0.1) is 0 Å². The lowest BCUT2D eigenvalue weighted by Crippen LogP contribution is -2.14. The molecule has 0 aliphatic rings. The highest BCUT2D eigenvalue weighted by Crippen LogP contribution is 2.38. The van der Waals surface area contributed by atoms with Crippen LogP contribution in [0.2, 0.25) is 0 Å². The van der Waals surface area contributed by atoms with Crippen LogP contribution in [-0.4, -0.2) is 12.5 Å². The van der Waals surface area contributed by atoms with Gasteiger partial charge in [-0.3, -0.25) is 4.79 Å². The Bertz CT molecular complexity index is 1310. The lowest BCUT2D eigenvalue weighted by molar-refractivity contribution is -0.112. The molecule has 180 valence electrons. The van der Waals surface area contributed by atoms with Gasteiger partial charge in [0.15, 0.2) is 11.5 Å². The predicted molar refractivity (Wildman–Crippen MR) is 150 cm³/mol. The number of aryl methyl sites for hydroxylation is 2. The highest BCUT2D eigenvalue weighted by Gasteiger charge is 2.17. The third kappa shape index (κ3) is 7.20. The van der Waals surface area contributed by atoms with E-state index in [0.717, 1.165) is 16.7 Å². The average molecular weight is 663 g/mol. The number of hydrogen-bond acceptors (Lipinski definition) is 4. The van der Waals surface area contributed by atoms with Crippen molar-refractivity contribution in [2.24, 2.45) is 0 Å². The zero-order valence-corrected chi connectivity index (χ0v) is 24.2. The van der Waals surface area contributed by atoms with E-state index >= 15 is 0 Å². The van der Waals surface area contributed by atoms with E-state index in [2.05, 4.69) is 59.2 Å². The number of nitrogens with one attached hydrogen (secondary N) is 1. The number of ether oxygens (including phenoxy) is 2. The molecular formula is C27H23Br3N2O3. The van der Waals surface area contributed by atoms with Crippen LogP contribution in [0.1, 0.15) is 29.2 Å². The lowest BCUT2D eigenvalue weighted by atomic mass is 10.1. The fourth-order valence-corrected chi connectivity index (χ4v) is 5.53. The number of rotatable bonds is 8. The maximum atomic E-state index is 12.9. The van der Waals surface area contributed by atoms with Gasteiger partial charge in [-0.25, -0.2) is 0 Å². The standard InChI is InChI=1S/C27H23Br3N2O3/c1-4-34-24-13-19(12-23(30)26(24)35-15-18-7-5-6-16(2)8-18)11-20(14-31)27(33)32-25-21(28)9-17(3)10-22(25)29/h5-13H,4,15H2,1-3H3,(H,32,33)/b20-11+. The van der Waals surface area contributed by atoms with Crippen LogP contribution in [0.15, 0.2) is 67.5 Å². The molecule has 0 fully saturated rings. The minimum absolute atomic E-state index is 0.0489. The van der Waals surface area contributed by atoms with Crippen molar-refractivity contribution in [1.82, 2.24) is 0 Å². The predicted octanol–water partition coefficient (Wildman–Crippen LogP) is 8.11. The van der Waals surface area contributed by atoms with Gasteiger partial charge in [0.1, 0.15) is 18.2 Å². The van der Waals surface area contributed by atoms with E-state index in [1.54, 1.807) is 12.1 Å². The van der Waals surface area contributed by atoms with E-state index in [1.165, 1.54) is 6.08 Å². The summed E-state index contributed by atoms with van der Waals surface area (Å²) in [5.74, 6) is 0.551. The summed E-state index contributed by atoms with van der Waals surface area (Å²) in [6.07, 6.45) is 1.52. The van der Waals surface area contributed by atoms with Crippen molar-refractivity contribution >= 4 is 65.5 Å². The molecule has 0 saturated carbocycles. The Morgan fingerprint density at radius 2 is 1.71 bits per heavy atom. The highest BCUT2D eigenvalue weighted by atomic mass is 79.9. The monoisotopic (exact) mass is 660 g/mol. The molecule has 0 aromatic heterocycles. The molecule has 3 aromatic rings. The summed E-state index contributed by atoms with van der Waals surface area (Å²) in [5, 5.41) is 12.5. The summed E-state index contributed by atoms with van der Waals surface area (Å²) in [6.45, 7) is 6.67. The van der Waals surface area contributed by atoms with Crippen molar-refractivity contribution in [3.8, 4) is 17.6 Å². The fourth-order valence-electron chi connectivity index (χ4n) is 3.35. The van der Waals surface area contributed by atoms with Crippen molar-refractivity contribution in [1.29, 1.82) is 5.26 Å². The van der Waals surface area contributed by atoms with Crippen LogP contribution in [-0.2, 0) is 11.4 Å². The van der Waals surface area contributed by atoms with Crippen LogP contribution < -0.4 is 14.8 Å². The number of carbonyl (C=O) groups is 1. The van der Waals surface area contributed by atoms with Crippen LogP contribution in [0, 0.1) is 25.2 Å². The Morgan fingerprint density at radius 3 is 2.34 bits per heavy atom. The van der Waals surface area contributed by atoms with Gasteiger partial charge in [0.25, 0.3) is 5.91 Å². The first-order valence-corrected chi connectivity index (χ1v) is 13.1. The molecular weight excluding hydrogens is 640 g/mol. The maximum absolute atomic E-state index is 12.9. The van der Waals surface area contributed by atoms with Crippen molar-refractivity contribution in [2.75, 3.05) is 11.9 Å². The molecule has 1 N–H and O–H groups in total. The van der Waals surface area contributed by atoms with Gasteiger partial charge >= 0.3 is 0 Å². The van der Waals surface area contributed by atoms with E-state index in [-0.39, 0.29) is 5.57 Å². The molecule has 0 radical (unpaired) electrons. The quantitative estimate of drug-likeness (QED) is 0.195. The van der Waals surface area contributed by atoms with E-state index in [9.17, 15) is 10.1 Å². The second-order valence-electron chi connectivity index (χ2n) is 7.77. The van der Waals surface area contributed by atoms with Crippen LogP contribution >= 0.6 is 47.8 Å². The van der Waals surface area contributed by atoms with E-state index in [0.29, 0.717) is 49.4 Å². The molecule has 3 rings (SSSR count). The number of nitriles is 1. The Labute approximate surface area is 230 Å². The summed E-state index contributed by atoms with van der Waals surface area (Å²) in [5.41, 5.74) is 4.35. The van der Waals surface area contributed by atoms with Gasteiger partial charge in [-0.2, -0.15) is 5.26 Å². The molecule has 5 nitrogen and oxygen atoms in total. The molecule has 0 unspecified atom stereocenters. The van der Waals surface area contributed by atoms with Crippen molar-refractivity contribution in [3.05, 3.63) is 89.8 Å². The summed E-state index contributed by atoms with van der Waals surface area (Å²) < 4.78 is 14.0. The van der Waals surface area contributed by atoms with E-state index in [1.807, 2.05) is 57.2 Å². The SMILES string of the molecule is CCOc1cc(/C=C(\C#N)C(=O)Nc2c(Br)cc(C)cc2Br)cc(Br)c1OCc1cccc(C)c1. The summed E-state index contributed by atoms with van der Waals surface area (Å²) in [6, 6.07) is 17.4. The molecule has 0 aliphatic heterocycles. The third-order valence-electron chi connectivity index (χ3n) is 4.90. The zero-order chi connectivity index (χ0) is 25.5. The van der Waals surface area contributed by atoms with E-state index in [4.69, 9.17) is 9.47 Å². The normalized spacial score (nSPS) is 11.1. The average Bonchev–Trinajstić information content (AvgIpc) is 2.79. The molecule has 0 heterocycles. The molecule has 0 spiro atoms. The summed E-state index contributed by atoms with van der Waals surface area (Å²) >= 11 is 10.5. The summed E-state index contributed by atoms with van der Waals surface area (Å²) in [4.78, 5) is 12.9. The smallest absolute Gasteiger partial charge is 0.266 e. The zero-order valence-electron chi connectivity index (χ0n) is 19.4. The largest absolute Gasteiger partial charge is 0.490 e. The number of anilines is 1. The third-order valence-corrected chi connectivity index (χ3v) is 6.74. The van der Waals surface area contributed by atoms with Gasteiger partial charge in [0.2, 0.25) is 0 Å². The number of carbonyl (C=O) groups excluding carboxylic acids is 1. The number of benzene rings is 3. The Morgan fingerprint density at radius 1 is 1.00 bits per heavy atom. The number of hydrogen-bond donors (Lipinski definition) is 1. The molecule has 8 heteroatoms. The second kappa shape index (κ2) is 12.4. The summed E-state index contributed by atoms with van der Waals surface area (Å²) in [7, 11) is 0. The maximum Gasteiger partial charge on any atom is 0.266 e. The minimum Gasteiger partial charge on any atom is -0.490 e. The van der Waals surface area contributed by atoms with Crippen LogP contribution in [0.4, 0.5) is 5.69 Å². The first-order valence-electron chi connectivity index (χ1n) is 10.7. The number of amides is 1. The fraction of sp³-hybridized carbons (Fsp3) is 0.185. The van der Waals surface area contributed by atoms with Gasteiger partial charge in [0, 0.05) is 8.95 Å². The Kier molecular flexibility index (Phi) is 9.55. The van der Waals surface area contributed by atoms with Crippen molar-refractivity contribution < 1.29 is 14.3 Å². The molecule has 1 amide bonds. The molecule has 3 aromatic carbocycles. The van der Waals surface area contributed by atoms with Crippen LogP contribution in [0.5, 0.6) is 11.5 Å². The molecule has 0 atom stereocenters. The van der Waals surface area contributed by atoms with Gasteiger partial charge in [-0.05, 0) is 116 Å². The number of nitrogens with zero attached hydrogens (tertiary/aromatic N) is 1. The topological polar surface area (TPSA) is 71.3 Å². The van der Waals surface area contributed by atoms with Gasteiger partial charge in [0.05, 0.1) is 16.8 Å². The van der Waals surface area contributed by atoms with Crippen LogP contribution in [0.25, 0.3) is 6.08 Å². The Hall–Kier alpha value is -2.60.